The number of para-hydroxylation sites is 1. The number of benzene rings is 1. The number of amides is 4. The Morgan fingerprint density at radius 3 is 2.40 bits per heavy atom. The van der Waals surface area contributed by atoms with Gasteiger partial charge in [0, 0.05) is 32.0 Å². The molecule has 0 aliphatic carbocycles. The van der Waals surface area contributed by atoms with Gasteiger partial charge in [-0.15, -0.1) is 11.3 Å². The number of fused-ring (bicyclic) bond motifs is 1. The predicted octanol–water partition coefficient (Wildman–Crippen LogP) is -0.243. The Morgan fingerprint density at radius 1 is 0.979 bits per heavy atom. The second-order valence-electron chi connectivity index (χ2n) is 11.7. The van der Waals surface area contributed by atoms with E-state index in [0.717, 1.165) is 4.70 Å². The van der Waals surface area contributed by atoms with Crippen molar-refractivity contribution in [3.05, 3.63) is 29.3 Å². The molecule has 1 aliphatic rings. The van der Waals surface area contributed by atoms with Crippen molar-refractivity contribution in [2.24, 2.45) is 38.8 Å². The summed E-state index contributed by atoms with van der Waals surface area (Å²) in [5.41, 5.74) is 22.4. The lowest BCUT2D eigenvalue weighted by Crippen LogP contribution is -2.56. The van der Waals surface area contributed by atoms with Crippen LogP contribution >= 0.6 is 11.3 Å². The van der Waals surface area contributed by atoms with E-state index >= 15 is 0 Å². The van der Waals surface area contributed by atoms with E-state index in [2.05, 4.69) is 36.2 Å². The van der Waals surface area contributed by atoms with Gasteiger partial charge in [0.05, 0.1) is 16.3 Å². The van der Waals surface area contributed by atoms with Crippen molar-refractivity contribution in [1.82, 2.24) is 26.3 Å². The lowest BCUT2D eigenvalue weighted by molar-refractivity contribution is -0.133. The summed E-state index contributed by atoms with van der Waals surface area (Å²) in [5.74, 6) is -2.86. The monoisotopic (exact) mass is 685 g/mol. The van der Waals surface area contributed by atoms with Crippen LogP contribution in [0.4, 0.5) is 0 Å². The number of nitrogens with two attached hydrogens (primary N) is 4. The molecule has 0 bridgehead atoms. The van der Waals surface area contributed by atoms with Crippen LogP contribution in [0.3, 0.4) is 0 Å². The number of ketones is 1. The van der Waals surface area contributed by atoms with Crippen LogP contribution in [-0.2, 0) is 19.2 Å². The van der Waals surface area contributed by atoms with Crippen LogP contribution in [0.15, 0.2) is 34.3 Å². The average Bonchev–Trinajstić information content (AvgIpc) is 3.48. The highest BCUT2D eigenvalue weighted by atomic mass is 32.1. The molecule has 1 aromatic carbocycles. The first kappa shape index (κ1) is 37.7. The lowest BCUT2D eigenvalue weighted by atomic mass is 10.0. The first-order chi connectivity index (χ1) is 22.9. The summed E-state index contributed by atoms with van der Waals surface area (Å²) in [7, 11) is 0. The highest BCUT2D eigenvalue weighted by Gasteiger charge is 2.32. The van der Waals surface area contributed by atoms with Gasteiger partial charge in [-0.05, 0) is 57.1 Å². The minimum atomic E-state index is -1.20. The van der Waals surface area contributed by atoms with Crippen molar-refractivity contribution >= 4 is 62.9 Å². The van der Waals surface area contributed by atoms with Crippen LogP contribution in [0.25, 0.3) is 10.2 Å². The lowest BCUT2D eigenvalue weighted by Gasteiger charge is -2.25. The second-order valence-corrected chi connectivity index (χ2v) is 12.7. The Labute approximate surface area is 283 Å². The van der Waals surface area contributed by atoms with Gasteiger partial charge in [0.1, 0.15) is 12.1 Å². The molecule has 1 unspecified atom stereocenters. The third-order valence-corrected chi connectivity index (χ3v) is 8.84. The molecule has 2 heterocycles. The van der Waals surface area contributed by atoms with Crippen molar-refractivity contribution in [2.45, 2.75) is 82.8 Å². The van der Waals surface area contributed by atoms with E-state index < -0.39 is 35.7 Å². The number of nitrogens with one attached hydrogen (secondary N) is 4. The maximum Gasteiger partial charge on any atom is 0.243 e. The van der Waals surface area contributed by atoms with Gasteiger partial charge >= 0.3 is 0 Å². The van der Waals surface area contributed by atoms with Crippen LogP contribution in [0, 0.1) is 5.92 Å². The van der Waals surface area contributed by atoms with Crippen molar-refractivity contribution < 1.29 is 24.0 Å². The zero-order chi connectivity index (χ0) is 35.1. The minimum absolute atomic E-state index is 0.0511. The summed E-state index contributed by atoms with van der Waals surface area (Å²) < 4.78 is 0.814. The molecule has 0 spiro atoms. The highest BCUT2D eigenvalue weighted by molar-refractivity contribution is 7.20. The number of aromatic nitrogens is 1. The molecular weight excluding hydrogens is 638 g/mol. The van der Waals surface area contributed by atoms with Crippen LogP contribution < -0.4 is 44.2 Å². The zero-order valence-electron chi connectivity index (χ0n) is 27.2. The van der Waals surface area contributed by atoms with E-state index in [-0.39, 0.29) is 73.4 Å². The third-order valence-electron chi connectivity index (χ3n) is 7.79. The molecule has 0 radical (unpaired) electrons. The van der Waals surface area contributed by atoms with Crippen molar-refractivity contribution in [2.75, 3.05) is 19.6 Å². The largest absolute Gasteiger partial charge is 0.370 e. The quantitative estimate of drug-likeness (QED) is 0.0628. The maximum absolute atomic E-state index is 13.8. The Kier molecular flexibility index (Phi) is 15.0. The minimum Gasteiger partial charge on any atom is -0.370 e. The number of aliphatic imine (C=N–C) groups is 2. The molecule has 1 aliphatic heterocycles. The molecule has 12 N–H and O–H groups in total. The molecule has 2 aromatic rings. The van der Waals surface area contributed by atoms with E-state index in [1.54, 1.807) is 13.0 Å². The zero-order valence-corrected chi connectivity index (χ0v) is 28.0. The van der Waals surface area contributed by atoms with Gasteiger partial charge in [-0.25, -0.2) is 4.98 Å². The Bertz CT molecular complexity index is 1450. The number of carbonyl (C=O) groups excluding carboxylic acids is 5. The van der Waals surface area contributed by atoms with Crippen LogP contribution in [0.2, 0.25) is 0 Å². The Hall–Kier alpha value is -4.80. The smallest absolute Gasteiger partial charge is 0.243 e. The van der Waals surface area contributed by atoms with Crippen molar-refractivity contribution in [3.8, 4) is 0 Å². The topological polar surface area (TPSA) is 275 Å². The van der Waals surface area contributed by atoms with Gasteiger partial charge in [0.15, 0.2) is 16.9 Å². The van der Waals surface area contributed by atoms with Gasteiger partial charge in [-0.3, -0.25) is 34.0 Å². The third kappa shape index (κ3) is 12.4. The maximum atomic E-state index is 13.8. The summed E-state index contributed by atoms with van der Waals surface area (Å²) in [4.78, 5) is 79.3. The van der Waals surface area contributed by atoms with Crippen molar-refractivity contribution in [3.63, 3.8) is 0 Å². The van der Waals surface area contributed by atoms with Gasteiger partial charge < -0.3 is 44.2 Å². The summed E-state index contributed by atoms with van der Waals surface area (Å²) in [6.07, 6.45) is 2.94. The fourth-order valence-electron chi connectivity index (χ4n) is 5.10. The molecule has 3 rings (SSSR count). The summed E-state index contributed by atoms with van der Waals surface area (Å²) >= 11 is 1.21. The SMILES string of the molecule is C[C@H]1CCCCNC(=O)CCC(C(=O)N[C@@H](CCCN=C(N)N)C(=O)c2nc3ccccc3s2)NC(=O)[C@H](CCCN=C(N)N)NC1=O. The number of carbonyl (C=O) groups is 5. The van der Waals surface area contributed by atoms with Crippen LogP contribution in [-0.4, -0.2) is 84.1 Å². The number of guanidine groups is 2. The molecule has 17 heteroatoms. The number of Topliss-reactive ketones (excluding diaryl/α,β-unsaturated/α-hetero) is 1. The van der Waals surface area contributed by atoms with E-state index in [1.807, 2.05) is 18.2 Å². The molecule has 4 atom stereocenters. The highest BCUT2D eigenvalue weighted by Crippen LogP contribution is 2.23. The number of nitrogens with zero attached hydrogens (tertiary/aromatic N) is 3. The summed E-state index contributed by atoms with van der Waals surface area (Å²) in [6.45, 7) is 2.64. The van der Waals surface area contributed by atoms with Gasteiger partial charge in [-0.2, -0.15) is 0 Å². The molecule has 1 aromatic heterocycles. The van der Waals surface area contributed by atoms with Crippen LogP contribution in [0.5, 0.6) is 0 Å². The molecule has 1 saturated heterocycles. The van der Waals surface area contributed by atoms with E-state index in [0.29, 0.717) is 44.2 Å². The number of thiazole rings is 1. The number of hydrogen-bond acceptors (Lipinski definition) is 9. The summed E-state index contributed by atoms with van der Waals surface area (Å²) in [6, 6.07) is 4.07. The van der Waals surface area contributed by atoms with Gasteiger partial charge in [0.2, 0.25) is 29.4 Å². The van der Waals surface area contributed by atoms with Gasteiger partial charge in [0.25, 0.3) is 0 Å². The predicted molar refractivity (Wildman–Crippen MR) is 185 cm³/mol. The van der Waals surface area contributed by atoms with E-state index in [1.165, 1.54) is 11.3 Å². The molecule has 1 fully saturated rings. The average molecular weight is 686 g/mol. The number of rotatable bonds is 12. The second kappa shape index (κ2) is 19.1. The standard InChI is InChI=1S/C31H47N11O5S/c1-18-8-4-5-15-36-24(43)14-13-22(41-27(46)21(40-26(18)45)11-7-17-38-31(34)35)28(47)39-20(10-6-16-37-30(32)33)25(44)29-42-19-9-2-3-12-23(19)48-29/h2-3,9,12,18,20-22H,4-8,10-11,13-17H2,1H3,(H,36,43)(H,39,47)(H,40,45)(H,41,46)(H4,32,33,37)(H4,34,35,38)/t18-,20-,21-,22?/m0/s1. The summed E-state index contributed by atoms with van der Waals surface area (Å²) in [5, 5.41) is 11.4. The molecule has 262 valence electrons. The molecule has 48 heavy (non-hydrogen) atoms. The molecular formula is C31H47N11O5S. The van der Waals surface area contributed by atoms with Crippen LogP contribution in [0.1, 0.15) is 74.5 Å². The molecule has 16 nitrogen and oxygen atoms in total. The van der Waals surface area contributed by atoms with E-state index in [4.69, 9.17) is 22.9 Å². The Morgan fingerprint density at radius 2 is 1.69 bits per heavy atom. The fraction of sp³-hybridized carbons (Fsp3) is 0.548. The van der Waals surface area contributed by atoms with Gasteiger partial charge in [-0.1, -0.05) is 25.5 Å². The van der Waals surface area contributed by atoms with Crippen molar-refractivity contribution in [1.29, 1.82) is 0 Å². The fourth-order valence-corrected chi connectivity index (χ4v) is 6.06. The normalized spacial score (nSPS) is 20.2. The van der Waals surface area contributed by atoms with E-state index in [9.17, 15) is 24.0 Å². The molecule has 4 amide bonds. The first-order valence-electron chi connectivity index (χ1n) is 16.1. The first-order valence-corrected chi connectivity index (χ1v) is 16.9. The Balaban J connectivity index is 1.86. The number of hydrogen-bond donors (Lipinski definition) is 8. The molecule has 0 saturated carbocycles.